The van der Waals surface area contributed by atoms with E-state index in [1.165, 1.54) is 0 Å². The lowest BCUT2D eigenvalue weighted by atomic mass is 10.1. The predicted molar refractivity (Wildman–Crippen MR) is 91.0 cm³/mol. The zero-order valence-corrected chi connectivity index (χ0v) is 14.5. The number of sulfonamides is 1. The van der Waals surface area contributed by atoms with Gasteiger partial charge < -0.3 is 5.73 Å². The van der Waals surface area contributed by atoms with E-state index >= 15 is 0 Å². The van der Waals surface area contributed by atoms with E-state index in [2.05, 4.69) is 11.6 Å². The molecule has 1 aromatic rings. The summed E-state index contributed by atoms with van der Waals surface area (Å²) in [6, 6.07) is 4.84. The summed E-state index contributed by atoms with van der Waals surface area (Å²) in [6.45, 7) is 5.77. The summed E-state index contributed by atoms with van der Waals surface area (Å²) in [5, 5.41) is 0. The topological polar surface area (TPSA) is 72.2 Å². The molecule has 0 aliphatic rings. The van der Waals surface area contributed by atoms with Crippen LogP contribution in [-0.4, -0.2) is 19.4 Å². The second-order valence-corrected chi connectivity index (χ2v) is 7.48. The molecule has 0 radical (unpaired) electrons. The smallest absolute Gasteiger partial charge is 0.241 e. The highest BCUT2D eigenvalue weighted by atomic mass is 32.2. The van der Waals surface area contributed by atoms with Crippen molar-refractivity contribution >= 4 is 27.2 Å². The number of rotatable bonds is 8. The molecule has 0 fully saturated rings. The van der Waals surface area contributed by atoms with Crippen molar-refractivity contribution < 1.29 is 8.42 Å². The molecule has 4 nitrogen and oxygen atoms in total. The molecule has 0 aliphatic heterocycles. The van der Waals surface area contributed by atoms with Gasteiger partial charge in [0, 0.05) is 11.6 Å². The molecule has 0 aromatic heterocycles. The zero-order chi connectivity index (χ0) is 16.0. The van der Waals surface area contributed by atoms with Crippen LogP contribution in [-0.2, 0) is 10.0 Å². The number of nitrogens with one attached hydrogen (secondary N) is 1. The number of hydrogen-bond acceptors (Lipinski definition) is 3. The monoisotopic (exact) mass is 328 g/mol. The predicted octanol–water partition coefficient (Wildman–Crippen LogP) is 2.88. The third kappa shape index (κ3) is 5.37. The third-order valence-corrected chi connectivity index (χ3v) is 5.33. The van der Waals surface area contributed by atoms with E-state index in [0.29, 0.717) is 11.1 Å². The summed E-state index contributed by atoms with van der Waals surface area (Å²) in [7, 11) is -3.50. The van der Waals surface area contributed by atoms with Crippen molar-refractivity contribution in [1.82, 2.24) is 4.72 Å². The highest BCUT2D eigenvalue weighted by Crippen LogP contribution is 2.18. The summed E-state index contributed by atoms with van der Waals surface area (Å²) in [4.78, 5) is 0.549. The normalized spacial score (nSPS) is 13.1. The average molecular weight is 329 g/mol. The van der Waals surface area contributed by atoms with Gasteiger partial charge in [0.2, 0.25) is 10.0 Å². The zero-order valence-electron chi connectivity index (χ0n) is 12.8. The standard InChI is InChI=1S/C15H24N2O2S2/c1-4-5-6-7-12(3)17-21(18,19)14-9-8-13(15(16)20)10-11(14)2/h8-10,12,17H,4-7H2,1-3H3,(H2,16,20). The Hall–Kier alpha value is -0.980. The Morgan fingerprint density at radius 1 is 1.38 bits per heavy atom. The first-order chi connectivity index (χ1) is 9.77. The minimum atomic E-state index is -3.50. The quantitative estimate of drug-likeness (QED) is 0.568. The minimum absolute atomic E-state index is 0.0730. The molecule has 1 rings (SSSR count). The molecule has 0 saturated heterocycles. The first-order valence-corrected chi connectivity index (χ1v) is 9.10. The average Bonchev–Trinajstić information content (AvgIpc) is 2.37. The lowest BCUT2D eigenvalue weighted by Gasteiger charge is -2.15. The van der Waals surface area contributed by atoms with Crippen molar-refractivity contribution in [3.05, 3.63) is 29.3 Å². The molecule has 118 valence electrons. The van der Waals surface area contributed by atoms with Gasteiger partial charge in [-0.25, -0.2) is 13.1 Å². The lowest BCUT2D eigenvalue weighted by Crippen LogP contribution is -2.33. The van der Waals surface area contributed by atoms with Crippen LogP contribution < -0.4 is 10.5 Å². The molecule has 0 amide bonds. The number of hydrogen-bond donors (Lipinski definition) is 2. The summed E-state index contributed by atoms with van der Waals surface area (Å²) in [5.74, 6) is 0. The molecule has 0 saturated carbocycles. The van der Waals surface area contributed by atoms with E-state index in [0.717, 1.165) is 25.7 Å². The minimum Gasteiger partial charge on any atom is -0.389 e. The molecular weight excluding hydrogens is 304 g/mol. The molecule has 3 N–H and O–H groups in total. The molecule has 0 bridgehead atoms. The van der Waals surface area contributed by atoms with Crippen LogP contribution in [0, 0.1) is 6.92 Å². The molecule has 0 aliphatic carbocycles. The number of aryl methyl sites for hydroxylation is 1. The van der Waals surface area contributed by atoms with Gasteiger partial charge in [-0.3, -0.25) is 0 Å². The molecule has 1 unspecified atom stereocenters. The van der Waals surface area contributed by atoms with Crippen LogP contribution in [0.1, 0.15) is 50.7 Å². The molecule has 1 aromatic carbocycles. The number of thiocarbonyl (C=S) groups is 1. The first-order valence-electron chi connectivity index (χ1n) is 7.20. The largest absolute Gasteiger partial charge is 0.389 e. The fourth-order valence-electron chi connectivity index (χ4n) is 2.19. The Labute approximate surface area is 133 Å². The van der Waals surface area contributed by atoms with Crippen molar-refractivity contribution in [2.75, 3.05) is 0 Å². The highest BCUT2D eigenvalue weighted by Gasteiger charge is 2.19. The van der Waals surface area contributed by atoms with Crippen LogP contribution in [0.4, 0.5) is 0 Å². The highest BCUT2D eigenvalue weighted by molar-refractivity contribution is 7.89. The van der Waals surface area contributed by atoms with Gasteiger partial charge >= 0.3 is 0 Å². The van der Waals surface area contributed by atoms with E-state index in [1.54, 1.807) is 25.1 Å². The second-order valence-electron chi connectivity index (χ2n) is 5.36. The van der Waals surface area contributed by atoms with Gasteiger partial charge in [0.1, 0.15) is 4.99 Å². The van der Waals surface area contributed by atoms with Crippen LogP contribution in [0.25, 0.3) is 0 Å². The van der Waals surface area contributed by atoms with Crippen molar-refractivity contribution in [2.24, 2.45) is 5.73 Å². The van der Waals surface area contributed by atoms with Crippen LogP contribution in [0.3, 0.4) is 0 Å². The van der Waals surface area contributed by atoms with Crippen LogP contribution >= 0.6 is 12.2 Å². The molecule has 21 heavy (non-hydrogen) atoms. The molecule has 0 heterocycles. The van der Waals surface area contributed by atoms with Gasteiger partial charge in [0.15, 0.2) is 0 Å². The van der Waals surface area contributed by atoms with Gasteiger partial charge in [-0.2, -0.15) is 0 Å². The number of benzene rings is 1. The molecule has 6 heteroatoms. The Morgan fingerprint density at radius 2 is 2.05 bits per heavy atom. The maximum absolute atomic E-state index is 12.4. The maximum atomic E-state index is 12.4. The van der Waals surface area contributed by atoms with Gasteiger partial charge in [-0.1, -0.05) is 44.5 Å². The van der Waals surface area contributed by atoms with Crippen LogP contribution in [0.2, 0.25) is 0 Å². The Bertz CT molecular complexity index is 598. The van der Waals surface area contributed by atoms with Gasteiger partial charge in [0.05, 0.1) is 4.90 Å². The lowest BCUT2D eigenvalue weighted by molar-refractivity contribution is 0.527. The summed E-state index contributed by atoms with van der Waals surface area (Å²) < 4.78 is 27.5. The van der Waals surface area contributed by atoms with E-state index in [9.17, 15) is 8.42 Å². The number of unbranched alkanes of at least 4 members (excludes halogenated alkanes) is 2. The van der Waals surface area contributed by atoms with E-state index in [1.807, 2.05) is 6.92 Å². The maximum Gasteiger partial charge on any atom is 0.241 e. The van der Waals surface area contributed by atoms with Crippen molar-refractivity contribution in [3.63, 3.8) is 0 Å². The van der Waals surface area contributed by atoms with Crippen molar-refractivity contribution in [3.8, 4) is 0 Å². The van der Waals surface area contributed by atoms with E-state index in [-0.39, 0.29) is 15.9 Å². The van der Waals surface area contributed by atoms with E-state index < -0.39 is 10.0 Å². The molecule has 0 spiro atoms. The Kier molecular flexibility index (Phi) is 6.77. The Morgan fingerprint density at radius 3 is 2.57 bits per heavy atom. The van der Waals surface area contributed by atoms with Crippen LogP contribution in [0.15, 0.2) is 23.1 Å². The first kappa shape index (κ1) is 18.1. The Balaban J connectivity index is 2.85. The SMILES string of the molecule is CCCCCC(C)NS(=O)(=O)c1ccc(C(N)=S)cc1C. The number of nitrogens with two attached hydrogens (primary N) is 1. The van der Waals surface area contributed by atoms with Gasteiger partial charge in [0.25, 0.3) is 0 Å². The van der Waals surface area contributed by atoms with Crippen molar-refractivity contribution in [2.45, 2.75) is 57.4 Å². The second kappa shape index (κ2) is 7.87. The summed E-state index contributed by atoms with van der Waals surface area (Å²) in [6.07, 6.45) is 4.11. The molecular formula is C15H24N2O2S2. The fourth-order valence-corrected chi connectivity index (χ4v) is 3.82. The van der Waals surface area contributed by atoms with E-state index in [4.69, 9.17) is 18.0 Å². The van der Waals surface area contributed by atoms with Crippen molar-refractivity contribution in [1.29, 1.82) is 0 Å². The van der Waals surface area contributed by atoms with Gasteiger partial charge in [-0.15, -0.1) is 0 Å². The van der Waals surface area contributed by atoms with Gasteiger partial charge in [-0.05, 0) is 38.0 Å². The van der Waals surface area contributed by atoms with Crippen LogP contribution in [0.5, 0.6) is 0 Å². The third-order valence-electron chi connectivity index (χ3n) is 3.35. The molecule has 1 atom stereocenters. The summed E-state index contributed by atoms with van der Waals surface area (Å²) >= 11 is 4.90. The fraction of sp³-hybridized carbons (Fsp3) is 0.533. The summed E-state index contributed by atoms with van der Waals surface area (Å²) in [5.41, 5.74) is 6.88.